The minimum atomic E-state index is -4.62. The Morgan fingerprint density at radius 3 is 1.90 bits per heavy atom. The molecule has 0 unspecified atom stereocenters. The lowest BCUT2D eigenvalue weighted by Gasteiger charge is -2.32. The van der Waals surface area contributed by atoms with E-state index in [1.165, 1.54) is 6.07 Å². The summed E-state index contributed by atoms with van der Waals surface area (Å²) in [7, 11) is -3.02. The van der Waals surface area contributed by atoms with Crippen LogP contribution >= 0.6 is 0 Å². The number of rotatable bonds is 6. The average Bonchev–Trinajstić information content (AvgIpc) is 3.03. The van der Waals surface area contributed by atoms with Crippen LogP contribution in [0.3, 0.4) is 0 Å². The van der Waals surface area contributed by atoms with Crippen molar-refractivity contribution in [3.8, 4) is 11.5 Å². The summed E-state index contributed by atoms with van der Waals surface area (Å²) in [5.74, 6) is -1.44. The molecule has 2 aromatic carbocycles. The van der Waals surface area contributed by atoms with Gasteiger partial charge in [0.1, 0.15) is 11.5 Å². The van der Waals surface area contributed by atoms with E-state index >= 15 is 0 Å². The molecule has 16 heteroatoms. The van der Waals surface area contributed by atoms with Crippen LogP contribution in [0.15, 0.2) is 36.4 Å². The first-order chi connectivity index (χ1) is 18.2. The fourth-order valence-electron chi connectivity index (χ4n) is 3.28. The van der Waals surface area contributed by atoms with Crippen molar-refractivity contribution in [2.75, 3.05) is 13.2 Å². The van der Waals surface area contributed by atoms with E-state index in [9.17, 15) is 31.1 Å². The van der Waals surface area contributed by atoms with Gasteiger partial charge in [-0.15, -0.1) is 0 Å². The third kappa shape index (κ3) is 8.78. The summed E-state index contributed by atoms with van der Waals surface area (Å²) in [4.78, 5) is 11.4. The molecular formula is C24H28B2F6O8. The van der Waals surface area contributed by atoms with E-state index in [2.05, 4.69) is 0 Å². The van der Waals surface area contributed by atoms with Crippen LogP contribution in [0.1, 0.15) is 45.7 Å². The molecule has 0 spiro atoms. The summed E-state index contributed by atoms with van der Waals surface area (Å²) >= 11 is 0. The molecule has 2 aromatic rings. The minimum Gasteiger partial charge on any atom is -0.508 e. The molecule has 1 fully saturated rings. The molecule has 8 nitrogen and oxygen atoms in total. The molecule has 40 heavy (non-hydrogen) atoms. The van der Waals surface area contributed by atoms with Crippen LogP contribution < -0.4 is 15.7 Å². The van der Waals surface area contributed by atoms with Crippen LogP contribution in [0.2, 0.25) is 0 Å². The second-order valence-electron chi connectivity index (χ2n) is 9.66. The van der Waals surface area contributed by atoms with E-state index in [-0.39, 0.29) is 17.8 Å². The van der Waals surface area contributed by atoms with Crippen molar-refractivity contribution in [3.63, 3.8) is 0 Å². The highest BCUT2D eigenvalue weighted by atomic mass is 19.4. The maximum absolute atomic E-state index is 13.2. The highest BCUT2D eigenvalue weighted by Gasteiger charge is 2.52. The van der Waals surface area contributed by atoms with Crippen LogP contribution in [0.4, 0.5) is 26.3 Å². The van der Waals surface area contributed by atoms with E-state index in [1.54, 1.807) is 34.6 Å². The van der Waals surface area contributed by atoms with Gasteiger partial charge in [0, 0.05) is 0 Å². The van der Waals surface area contributed by atoms with Crippen LogP contribution in [0.25, 0.3) is 0 Å². The Morgan fingerprint density at radius 1 is 0.900 bits per heavy atom. The molecule has 3 rings (SSSR count). The van der Waals surface area contributed by atoms with Crippen LogP contribution in [-0.4, -0.2) is 59.8 Å². The van der Waals surface area contributed by atoms with Crippen molar-refractivity contribution in [1.82, 2.24) is 0 Å². The fourth-order valence-corrected chi connectivity index (χ4v) is 3.28. The summed E-state index contributed by atoms with van der Waals surface area (Å²) in [6.07, 6.45) is -9.20. The summed E-state index contributed by atoms with van der Waals surface area (Å²) in [6.45, 7) is 8.51. The maximum Gasteiger partial charge on any atom is 0.494 e. The number of phenols is 1. The third-order valence-corrected chi connectivity index (χ3v) is 6.01. The molecule has 0 aliphatic carbocycles. The topological polar surface area (TPSA) is 115 Å². The first-order valence-electron chi connectivity index (χ1n) is 11.8. The molecule has 0 bridgehead atoms. The van der Waals surface area contributed by atoms with Gasteiger partial charge >= 0.3 is 32.6 Å². The third-order valence-electron chi connectivity index (χ3n) is 6.01. The van der Waals surface area contributed by atoms with Crippen molar-refractivity contribution in [1.29, 1.82) is 0 Å². The Hall–Kier alpha value is -2.94. The number of benzene rings is 2. The number of carbonyl (C=O) groups is 1. The normalized spacial score (nSPS) is 16.2. The van der Waals surface area contributed by atoms with E-state index in [0.29, 0.717) is 12.1 Å². The molecule has 220 valence electrons. The first-order valence-corrected chi connectivity index (χ1v) is 11.8. The molecule has 1 saturated heterocycles. The molecule has 0 aromatic heterocycles. The van der Waals surface area contributed by atoms with Gasteiger partial charge < -0.3 is 33.9 Å². The van der Waals surface area contributed by atoms with Gasteiger partial charge in [-0.05, 0) is 81.9 Å². The zero-order valence-electron chi connectivity index (χ0n) is 22.2. The Balaban J connectivity index is 0.000000337. The van der Waals surface area contributed by atoms with Gasteiger partial charge in [0.05, 0.1) is 28.9 Å². The predicted molar refractivity (Wildman–Crippen MR) is 132 cm³/mol. The van der Waals surface area contributed by atoms with Gasteiger partial charge in [-0.3, -0.25) is 0 Å². The second kappa shape index (κ2) is 12.3. The van der Waals surface area contributed by atoms with Gasteiger partial charge in [-0.25, -0.2) is 4.79 Å². The van der Waals surface area contributed by atoms with Crippen molar-refractivity contribution in [2.45, 2.75) is 58.2 Å². The summed E-state index contributed by atoms with van der Waals surface area (Å²) in [5.41, 5.74) is -3.67. The molecule has 0 amide bonds. The smallest absolute Gasteiger partial charge is 0.494 e. The largest absolute Gasteiger partial charge is 0.508 e. The number of carbonyl (C=O) groups excluding carboxylic acids is 1. The van der Waals surface area contributed by atoms with E-state index in [4.69, 9.17) is 33.9 Å². The standard InChI is InChI=1S/C17H22BF3O5.C7H6BF3O3/c1-6-23-14(22)10-24-13-8-11(17(19,20)21)7-12(9-13)18-25-15(2,3)16(4,5)26-18;9-7(10,11)4-1-5(8(13)14)3-6(12)2-4/h7-9H,6,10H2,1-5H3;1-3,12-14H. The molecule has 0 radical (unpaired) electrons. The Kier molecular flexibility index (Phi) is 10.2. The highest BCUT2D eigenvalue weighted by molar-refractivity contribution is 6.62. The number of aromatic hydroxyl groups is 1. The molecule has 1 aliphatic rings. The number of halogens is 6. The minimum absolute atomic E-state index is 0.113. The Labute approximate surface area is 227 Å². The fraction of sp³-hybridized carbons (Fsp3) is 0.458. The second-order valence-corrected chi connectivity index (χ2v) is 9.66. The lowest BCUT2D eigenvalue weighted by molar-refractivity contribution is -0.145. The van der Waals surface area contributed by atoms with Crippen LogP contribution in [-0.2, 0) is 31.2 Å². The quantitative estimate of drug-likeness (QED) is 0.272. The summed E-state index contributed by atoms with van der Waals surface area (Å²) in [6, 6.07) is 5.07. The number of hydrogen-bond acceptors (Lipinski definition) is 8. The molecule has 1 aliphatic heterocycles. The van der Waals surface area contributed by atoms with E-state index < -0.39 is 72.7 Å². The average molecular weight is 580 g/mol. The Bertz CT molecular complexity index is 1170. The number of ether oxygens (including phenoxy) is 2. The summed E-state index contributed by atoms with van der Waals surface area (Å²) < 4.78 is 97.6. The van der Waals surface area contributed by atoms with Crippen molar-refractivity contribution in [3.05, 3.63) is 47.5 Å². The van der Waals surface area contributed by atoms with Crippen LogP contribution in [0, 0.1) is 0 Å². The zero-order valence-corrected chi connectivity index (χ0v) is 22.2. The number of alkyl halides is 6. The van der Waals surface area contributed by atoms with E-state index in [0.717, 1.165) is 18.2 Å². The summed E-state index contributed by atoms with van der Waals surface area (Å²) in [5, 5.41) is 26.1. The molecule has 1 heterocycles. The van der Waals surface area contributed by atoms with Crippen molar-refractivity contribution >= 4 is 31.1 Å². The molecule has 0 saturated carbocycles. The lowest BCUT2D eigenvalue weighted by atomic mass is 9.78. The highest BCUT2D eigenvalue weighted by Crippen LogP contribution is 2.38. The zero-order chi connectivity index (χ0) is 30.7. The van der Waals surface area contributed by atoms with Gasteiger partial charge in [0.2, 0.25) is 0 Å². The van der Waals surface area contributed by atoms with Gasteiger partial charge in [-0.2, -0.15) is 26.3 Å². The van der Waals surface area contributed by atoms with Gasteiger partial charge in [0.25, 0.3) is 0 Å². The van der Waals surface area contributed by atoms with Crippen LogP contribution in [0.5, 0.6) is 11.5 Å². The predicted octanol–water partition coefficient (Wildman–Crippen LogP) is 3.04. The van der Waals surface area contributed by atoms with Crippen molar-refractivity contribution in [2.24, 2.45) is 0 Å². The lowest BCUT2D eigenvalue weighted by Crippen LogP contribution is -2.41. The Morgan fingerprint density at radius 2 is 1.43 bits per heavy atom. The number of esters is 1. The number of hydrogen-bond donors (Lipinski definition) is 3. The van der Waals surface area contributed by atoms with E-state index in [1.807, 2.05) is 0 Å². The molecule has 3 N–H and O–H groups in total. The SMILES string of the molecule is CCOC(=O)COc1cc(B2OC(C)(C)C(C)(C)O2)cc(C(F)(F)F)c1.OB(O)c1cc(O)cc(C(F)(F)F)c1. The number of phenolic OH excluding ortho intramolecular Hbond substituents is 1. The first kappa shape index (κ1) is 33.3. The van der Waals surface area contributed by atoms with Crippen molar-refractivity contribution < 1.29 is 65.1 Å². The van der Waals surface area contributed by atoms with Gasteiger partial charge in [-0.1, -0.05) is 0 Å². The molecular weight excluding hydrogens is 552 g/mol. The maximum atomic E-state index is 13.2. The van der Waals surface area contributed by atoms with Gasteiger partial charge in [0.15, 0.2) is 6.61 Å². The molecule has 0 atom stereocenters. The monoisotopic (exact) mass is 580 g/mol.